The summed E-state index contributed by atoms with van der Waals surface area (Å²) in [6.45, 7) is 0.496. The van der Waals surface area contributed by atoms with Gasteiger partial charge < -0.3 is 9.84 Å². The van der Waals surface area contributed by atoms with Crippen LogP contribution in [0.2, 0.25) is 0 Å². The van der Waals surface area contributed by atoms with Crippen LogP contribution < -0.4 is 10.1 Å². The zero-order chi connectivity index (χ0) is 34.6. The molecule has 250 valence electrons. The van der Waals surface area contributed by atoms with Gasteiger partial charge in [-0.15, -0.1) is 5.10 Å². The van der Waals surface area contributed by atoms with Crippen molar-refractivity contribution in [1.29, 1.82) is 0 Å². The van der Waals surface area contributed by atoms with Gasteiger partial charge in [0.1, 0.15) is 11.3 Å². The van der Waals surface area contributed by atoms with Crippen LogP contribution in [-0.4, -0.2) is 38.0 Å². The van der Waals surface area contributed by atoms with Crippen LogP contribution in [0.15, 0.2) is 158 Å². The summed E-state index contributed by atoms with van der Waals surface area (Å²) in [7, 11) is 0. The third kappa shape index (κ3) is 5.80. The van der Waals surface area contributed by atoms with E-state index < -0.39 is 11.6 Å². The van der Waals surface area contributed by atoms with Crippen LogP contribution in [0, 0.1) is 0 Å². The number of hydrogen-bond acceptors (Lipinski definition) is 5. The highest BCUT2D eigenvalue weighted by Gasteiger charge is 2.42. The van der Waals surface area contributed by atoms with Crippen LogP contribution in [0.5, 0.6) is 5.75 Å². The fraction of sp³-hybridized carbons (Fsp3) is 0.116. The molecule has 8 nitrogen and oxygen atoms in total. The number of rotatable bonds is 8. The lowest BCUT2D eigenvalue weighted by atomic mass is 9.77. The maximum atomic E-state index is 12.2. The summed E-state index contributed by atoms with van der Waals surface area (Å²) in [5, 5.41) is 26.4. The van der Waals surface area contributed by atoms with E-state index in [1.54, 1.807) is 0 Å². The molecule has 0 fully saturated rings. The fourth-order valence-electron chi connectivity index (χ4n) is 7.50. The number of ether oxygens (including phenoxy) is 1. The SMILES string of the molecule is O=C(O)Nc1cc(-c2ccccc2-c2nnnn2C(c2ccccc2)(c2ccccc2)c2ccccc2)cc2c1OCCCC2c1ccccc1. The third-order valence-electron chi connectivity index (χ3n) is 9.66. The predicted octanol–water partition coefficient (Wildman–Crippen LogP) is 9.24. The molecular weight excluding hydrogens is 635 g/mol. The Bertz CT molecular complexity index is 2180. The first-order valence-electron chi connectivity index (χ1n) is 17.1. The van der Waals surface area contributed by atoms with Gasteiger partial charge in [0, 0.05) is 17.0 Å². The van der Waals surface area contributed by atoms with Crippen molar-refractivity contribution in [3.8, 4) is 28.3 Å². The molecule has 1 aliphatic rings. The van der Waals surface area contributed by atoms with Crippen molar-refractivity contribution < 1.29 is 14.6 Å². The number of amides is 1. The van der Waals surface area contributed by atoms with E-state index in [1.165, 1.54) is 0 Å². The molecule has 51 heavy (non-hydrogen) atoms. The Labute approximate surface area is 296 Å². The minimum Gasteiger partial charge on any atom is -0.491 e. The fourth-order valence-corrected chi connectivity index (χ4v) is 7.50. The van der Waals surface area contributed by atoms with Gasteiger partial charge in [-0.25, -0.2) is 9.48 Å². The molecular formula is C43H35N5O3. The Morgan fingerprint density at radius 1 is 0.725 bits per heavy atom. The van der Waals surface area contributed by atoms with Gasteiger partial charge in [0.2, 0.25) is 0 Å². The zero-order valence-corrected chi connectivity index (χ0v) is 27.8. The molecule has 7 aromatic rings. The van der Waals surface area contributed by atoms with Gasteiger partial charge >= 0.3 is 6.09 Å². The molecule has 8 rings (SSSR count). The lowest BCUT2D eigenvalue weighted by Gasteiger charge is -2.36. The molecule has 6 aromatic carbocycles. The van der Waals surface area contributed by atoms with Gasteiger partial charge in [-0.1, -0.05) is 146 Å². The second-order valence-electron chi connectivity index (χ2n) is 12.6. The van der Waals surface area contributed by atoms with Gasteiger partial charge in [0.05, 0.1) is 12.3 Å². The molecule has 0 bridgehead atoms. The Kier molecular flexibility index (Phi) is 8.56. The van der Waals surface area contributed by atoms with Crippen molar-refractivity contribution in [2.45, 2.75) is 24.3 Å². The molecule has 1 amide bonds. The monoisotopic (exact) mass is 669 g/mol. The lowest BCUT2D eigenvalue weighted by molar-refractivity contribution is 0.209. The summed E-state index contributed by atoms with van der Waals surface area (Å²) >= 11 is 0. The van der Waals surface area contributed by atoms with E-state index in [2.05, 4.69) is 65.1 Å². The predicted molar refractivity (Wildman–Crippen MR) is 198 cm³/mol. The molecule has 1 aliphatic heterocycles. The third-order valence-corrected chi connectivity index (χ3v) is 9.66. The van der Waals surface area contributed by atoms with Crippen molar-refractivity contribution in [2.75, 3.05) is 11.9 Å². The second-order valence-corrected chi connectivity index (χ2v) is 12.6. The first-order valence-corrected chi connectivity index (χ1v) is 17.1. The molecule has 0 saturated carbocycles. The zero-order valence-electron chi connectivity index (χ0n) is 27.8. The normalized spacial score (nSPS) is 14.2. The average molecular weight is 670 g/mol. The van der Waals surface area contributed by atoms with E-state index in [-0.39, 0.29) is 5.92 Å². The highest BCUT2D eigenvalue weighted by molar-refractivity contribution is 5.90. The Balaban J connectivity index is 1.38. The standard InChI is InChI=1S/C43H35N5O3/c49-42(50)44-39-29-31(28-38-35(26-15-27-51-40(38)39)30-16-5-1-6-17-30)36-24-13-14-25-37(36)41-45-46-47-48(41)43(32-18-7-2-8-19-32,33-20-9-3-10-21-33)34-22-11-4-12-23-34/h1-14,16-25,28-29,35,44H,15,26-27H2,(H,49,50). The molecule has 2 heterocycles. The van der Waals surface area contributed by atoms with Crippen molar-refractivity contribution >= 4 is 11.8 Å². The molecule has 0 spiro atoms. The van der Waals surface area contributed by atoms with Crippen molar-refractivity contribution in [1.82, 2.24) is 20.2 Å². The summed E-state index contributed by atoms with van der Waals surface area (Å²) in [6.07, 6.45) is 0.539. The van der Waals surface area contributed by atoms with Crippen LogP contribution in [-0.2, 0) is 5.54 Å². The van der Waals surface area contributed by atoms with Crippen molar-refractivity contribution in [2.24, 2.45) is 0 Å². The quantitative estimate of drug-likeness (QED) is 0.157. The Hall–Kier alpha value is -6.54. The van der Waals surface area contributed by atoms with Gasteiger partial charge in [-0.05, 0) is 68.8 Å². The number of nitrogens with zero attached hydrogens (tertiary/aromatic N) is 4. The molecule has 1 atom stereocenters. The lowest BCUT2D eigenvalue weighted by Crippen LogP contribution is -2.39. The van der Waals surface area contributed by atoms with E-state index in [9.17, 15) is 9.90 Å². The molecule has 1 unspecified atom stereocenters. The van der Waals surface area contributed by atoms with E-state index in [1.807, 2.05) is 108 Å². The minimum absolute atomic E-state index is 0.0115. The largest absolute Gasteiger partial charge is 0.491 e. The Morgan fingerprint density at radius 2 is 1.27 bits per heavy atom. The second kappa shape index (κ2) is 13.8. The van der Waals surface area contributed by atoms with Crippen molar-refractivity contribution in [3.63, 3.8) is 0 Å². The van der Waals surface area contributed by atoms with Crippen molar-refractivity contribution in [3.05, 3.63) is 186 Å². The van der Waals surface area contributed by atoms with Gasteiger partial charge in [-0.2, -0.15) is 0 Å². The van der Waals surface area contributed by atoms with Crippen LogP contribution in [0.3, 0.4) is 0 Å². The highest BCUT2D eigenvalue weighted by Crippen LogP contribution is 2.47. The van der Waals surface area contributed by atoms with Crippen LogP contribution in [0.25, 0.3) is 22.5 Å². The maximum Gasteiger partial charge on any atom is 0.409 e. The van der Waals surface area contributed by atoms with Crippen LogP contribution in [0.4, 0.5) is 10.5 Å². The molecule has 0 aliphatic carbocycles. The number of benzene rings is 6. The summed E-state index contributed by atoms with van der Waals surface area (Å²) in [6, 6.07) is 53.2. The summed E-state index contributed by atoms with van der Waals surface area (Å²) < 4.78 is 8.19. The highest BCUT2D eigenvalue weighted by atomic mass is 16.5. The average Bonchev–Trinajstić information content (AvgIpc) is 3.56. The number of carbonyl (C=O) groups is 1. The van der Waals surface area contributed by atoms with E-state index >= 15 is 0 Å². The number of nitrogens with one attached hydrogen (secondary N) is 1. The number of fused-ring (bicyclic) bond motifs is 1. The summed E-state index contributed by atoms with van der Waals surface area (Å²) in [4.78, 5) is 12.2. The van der Waals surface area contributed by atoms with E-state index in [4.69, 9.17) is 15.0 Å². The smallest absolute Gasteiger partial charge is 0.409 e. The molecule has 0 saturated heterocycles. The molecule has 1 aromatic heterocycles. The summed E-state index contributed by atoms with van der Waals surface area (Å²) in [5.74, 6) is 1.13. The topological polar surface area (TPSA) is 102 Å². The number of anilines is 1. The first kappa shape index (κ1) is 31.7. The van der Waals surface area contributed by atoms with Gasteiger partial charge in [0.15, 0.2) is 5.82 Å². The number of hydrogen-bond donors (Lipinski definition) is 2. The number of carboxylic acid groups (broad SMARTS) is 1. The minimum atomic E-state index is -1.16. The maximum absolute atomic E-state index is 12.2. The van der Waals surface area contributed by atoms with Crippen LogP contribution in [0.1, 0.15) is 46.6 Å². The summed E-state index contributed by atoms with van der Waals surface area (Å²) in [5.41, 5.74) is 6.99. The number of tetrazole rings is 1. The molecule has 0 radical (unpaired) electrons. The van der Waals surface area contributed by atoms with Gasteiger partial charge in [0.25, 0.3) is 0 Å². The Morgan fingerprint density at radius 3 is 1.86 bits per heavy atom. The molecule has 2 N–H and O–H groups in total. The molecule has 8 heteroatoms. The number of aromatic nitrogens is 4. The van der Waals surface area contributed by atoms with E-state index in [0.717, 1.165) is 57.3 Å². The van der Waals surface area contributed by atoms with Gasteiger partial charge in [-0.3, -0.25) is 5.32 Å². The van der Waals surface area contributed by atoms with E-state index in [0.29, 0.717) is 23.9 Å². The first-order chi connectivity index (χ1) is 25.1. The van der Waals surface area contributed by atoms with Crippen LogP contribution >= 0.6 is 0 Å².